The molecule has 0 aromatic heterocycles. The van der Waals surface area contributed by atoms with Gasteiger partial charge in [-0.3, -0.25) is 0 Å². The minimum Gasteiger partial charge on any atom is -0.494 e. The van der Waals surface area contributed by atoms with E-state index >= 15 is 0 Å². The van der Waals surface area contributed by atoms with Crippen molar-refractivity contribution >= 4 is 10.0 Å². The summed E-state index contributed by atoms with van der Waals surface area (Å²) in [6.45, 7) is 8.20. The Bertz CT molecular complexity index is 804. The highest BCUT2D eigenvalue weighted by Gasteiger charge is 2.24. The zero-order valence-electron chi connectivity index (χ0n) is 15.1. The molecule has 0 saturated heterocycles. The fourth-order valence-electron chi connectivity index (χ4n) is 2.54. The molecule has 0 spiro atoms. The van der Waals surface area contributed by atoms with Gasteiger partial charge in [-0.15, -0.1) is 0 Å². The normalized spacial score (nSPS) is 12.6. The second kappa shape index (κ2) is 8.36. The van der Waals surface area contributed by atoms with E-state index in [1.807, 2.05) is 58.0 Å². The standard InChI is InChI=1S/C19H25NO4S/c1-5-23-17-13-19(18(24-6-2)12-14(17)3)25(21,22)20-15(4)16-10-8-7-9-11-16/h7-13,15,20H,5-6H2,1-4H3. The number of hydrogen-bond donors (Lipinski definition) is 1. The molecule has 2 aromatic carbocycles. The maximum Gasteiger partial charge on any atom is 0.244 e. The number of nitrogens with one attached hydrogen (secondary N) is 1. The zero-order chi connectivity index (χ0) is 18.4. The van der Waals surface area contributed by atoms with Gasteiger partial charge in [-0.1, -0.05) is 30.3 Å². The number of ether oxygens (including phenoxy) is 2. The molecule has 0 radical (unpaired) electrons. The molecule has 0 saturated carbocycles. The van der Waals surface area contributed by atoms with E-state index in [9.17, 15) is 8.42 Å². The highest BCUT2D eigenvalue weighted by atomic mass is 32.2. The number of benzene rings is 2. The van der Waals surface area contributed by atoms with Crippen LogP contribution in [0.4, 0.5) is 0 Å². The van der Waals surface area contributed by atoms with E-state index in [-0.39, 0.29) is 10.9 Å². The first kappa shape index (κ1) is 19.3. The average molecular weight is 363 g/mol. The van der Waals surface area contributed by atoms with Crippen molar-refractivity contribution in [1.29, 1.82) is 0 Å². The lowest BCUT2D eigenvalue weighted by atomic mass is 10.1. The van der Waals surface area contributed by atoms with Crippen LogP contribution < -0.4 is 14.2 Å². The van der Waals surface area contributed by atoms with Crippen molar-refractivity contribution in [2.75, 3.05) is 13.2 Å². The highest BCUT2D eigenvalue weighted by Crippen LogP contribution is 2.32. The maximum atomic E-state index is 12.9. The van der Waals surface area contributed by atoms with E-state index in [4.69, 9.17) is 9.47 Å². The molecule has 1 atom stereocenters. The van der Waals surface area contributed by atoms with Crippen molar-refractivity contribution in [3.8, 4) is 11.5 Å². The lowest BCUT2D eigenvalue weighted by molar-refractivity contribution is 0.320. The molecule has 1 N–H and O–H groups in total. The minimum absolute atomic E-state index is 0.0891. The number of rotatable bonds is 8. The molecule has 0 aliphatic rings. The van der Waals surface area contributed by atoms with Crippen molar-refractivity contribution in [1.82, 2.24) is 4.72 Å². The predicted molar refractivity (Wildman–Crippen MR) is 98.7 cm³/mol. The van der Waals surface area contributed by atoms with Gasteiger partial charge in [0.1, 0.15) is 16.4 Å². The van der Waals surface area contributed by atoms with Crippen molar-refractivity contribution in [2.24, 2.45) is 0 Å². The Kier molecular flexibility index (Phi) is 6.45. The molecule has 0 amide bonds. The van der Waals surface area contributed by atoms with Crippen molar-refractivity contribution < 1.29 is 17.9 Å². The molecule has 0 heterocycles. The summed E-state index contributed by atoms with van der Waals surface area (Å²) in [7, 11) is -3.77. The first-order valence-electron chi connectivity index (χ1n) is 8.36. The monoisotopic (exact) mass is 363 g/mol. The molecule has 0 bridgehead atoms. The van der Waals surface area contributed by atoms with Crippen LogP contribution in [0.3, 0.4) is 0 Å². The number of sulfonamides is 1. The molecule has 2 rings (SSSR count). The summed E-state index contributed by atoms with van der Waals surface area (Å²) in [5.41, 5.74) is 1.72. The third kappa shape index (κ3) is 4.74. The van der Waals surface area contributed by atoms with E-state index in [1.165, 1.54) is 6.07 Å². The molecule has 0 fully saturated rings. The van der Waals surface area contributed by atoms with Crippen LogP contribution in [-0.2, 0) is 10.0 Å². The van der Waals surface area contributed by atoms with Gasteiger partial charge in [-0.25, -0.2) is 13.1 Å². The highest BCUT2D eigenvalue weighted by molar-refractivity contribution is 7.89. The molecule has 2 aromatic rings. The van der Waals surface area contributed by atoms with Gasteiger partial charge in [0.15, 0.2) is 0 Å². The lowest BCUT2D eigenvalue weighted by Crippen LogP contribution is -2.27. The second-order valence-electron chi connectivity index (χ2n) is 5.68. The first-order chi connectivity index (χ1) is 11.9. The summed E-state index contributed by atoms with van der Waals surface area (Å²) >= 11 is 0. The first-order valence-corrected chi connectivity index (χ1v) is 9.84. The molecule has 0 aliphatic heterocycles. The van der Waals surface area contributed by atoms with Crippen molar-refractivity contribution in [3.63, 3.8) is 0 Å². The molecule has 25 heavy (non-hydrogen) atoms. The maximum absolute atomic E-state index is 12.9. The van der Waals surface area contributed by atoms with Gasteiger partial charge in [-0.2, -0.15) is 0 Å². The quantitative estimate of drug-likeness (QED) is 0.774. The van der Waals surface area contributed by atoms with E-state index in [2.05, 4.69) is 4.72 Å². The lowest BCUT2D eigenvalue weighted by Gasteiger charge is -2.18. The Balaban J connectivity index is 2.41. The van der Waals surface area contributed by atoms with Crippen molar-refractivity contribution in [3.05, 3.63) is 53.6 Å². The van der Waals surface area contributed by atoms with Crippen LogP contribution in [0.2, 0.25) is 0 Å². The predicted octanol–water partition coefficient (Wildman–Crippen LogP) is 3.83. The molecule has 5 nitrogen and oxygen atoms in total. The Labute approximate surface area is 150 Å². The minimum atomic E-state index is -3.77. The average Bonchev–Trinajstić information content (AvgIpc) is 2.58. The van der Waals surface area contributed by atoms with Crippen LogP contribution in [0.15, 0.2) is 47.4 Å². The van der Waals surface area contributed by atoms with Gasteiger partial charge in [0.25, 0.3) is 0 Å². The molecule has 0 aliphatic carbocycles. The summed E-state index contributed by atoms with van der Waals surface area (Å²) in [5, 5.41) is 0. The molecular weight excluding hydrogens is 338 g/mol. The van der Waals surface area contributed by atoms with Gasteiger partial charge in [0.2, 0.25) is 10.0 Å². The van der Waals surface area contributed by atoms with Crippen LogP contribution in [0, 0.1) is 6.92 Å². The van der Waals surface area contributed by atoms with E-state index in [1.54, 1.807) is 6.07 Å². The summed E-state index contributed by atoms with van der Waals surface area (Å²) < 4.78 is 39.7. The second-order valence-corrected chi connectivity index (χ2v) is 7.37. The van der Waals surface area contributed by atoms with Gasteiger partial charge >= 0.3 is 0 Å². The number of aryl methyl sites for hydroxylation is 1. The molecule has 1 unspecified atom stereocenters. The zero-order valence-corrected chi connectivity index (χ0v) is 15.9. The SMILES string of the molecule is CCOc1cc(S(=O)(=O)NC(C)c2ccccc2)c(OCC)cc1C. The van der Waals surface area contributed by atoms with Crippen LogP contribution in [0.25, 0.3) is 0 Å². The van der Waals surface area contributed by atoms with Crippen LogP contribution >= 0.6 is 0 Å². The Morgan fingerprint density at radius 3 is 2.20 bits per heavy atom. The van der Waals surface area contributed by atoms with Crippen LogP contribution in [0.1, 0.15) is 37.9 Å². The molecular formula is C19H25NO4S. The van der Waals surface area contributed by atoms with E-state index < -0.39 is 10.0 Å². The largest absolute Gasteiger partial charge is 0.494 e. The Hall–Kier alpha value is -2.05. The van der Waals surface area contributed by atoms with Crippen LogP contribution in [0.5, 0.6) is 11.5 Å². The Morgan fingerprint density at radius 1 is 1.00 bits per heavy atom. The topological polar surface area (TPSA) is 64.6 Å². The van der Waals surface area contributed by atoms with Crippen LogP contribution in [-0.4, -0.2) is 21.6 Å². The smallest absolute Gasteiger partial charge is 0.244 e. The summed E-state index contributed by atoms with van der Waals surface area (Å²) in [4.78, 5) is 0.0891. The molecule has 136 valence electrons. The third-order valence-electron chi connectivity index (χ3n) is 3.76. The fourth-order valence-corrected chi connectivity index (χ4v) is 3.91. The Morgan fingerprint density at radius 2 is 1.60 bits per heavy atom. The summed E-state index contributed by atoms with van der Waals surface area (Å²) in [6.07, 6.45) is 0. The van der Waals surface area contributed by atoms with Gasteiger partial charge in [0, 0.05) is 12.1 Å². The summed E-state index contributed by atoms with van der Waals surface area (Å²) in [5.74, 6) is 0.870. The van der Waals surface area contributed by atoms with Gasteiger partial charge in [-0.05, 0) is 44.9 Å². The molecule has 6 heteroatoms. The van der Waals surface area contributed by atoms with E-state index in [0.717, 1.165) is 11.1 Å². The summed E-state index contributed by atoms with van der Waals surface area (Å²) in [6, 6.07) is 12.3. The van der Waals surface area contributed by atoms with Gasteiger partial charge < -0.3 is 9.47 Å². The van der Waals surface area contributed by atoms with Gasteiger partial charge in [0.05, 0.1) is 13.2 Å². The number of hydrogen-bond acceptors (Lipinski definition) is 4. The fraction of sp³-hybridized carbons (Fsp3) is 0.368. The van der Waals surface area contributed by atoms with E-state index in [0.29, 0.717) is 24.7 Å². The van der Waals surface area contributed by atoms with Crippen molar-refractivity contribution in [2.45, 2.75) is 38.6 Å². The third-order valence-corrected chi connectivity index (χ3v) is 5.32.